The lowest BCUT2D eigenvalue weighted by atomic mass is 10.00. The number of nitrogens with zero attached hydrogens (tertiary/aromatic N) is 4. The van der Waals surface area contributed by atoms with Crippen molar-refractivity contribution in [2.45, 2.75) is 56.7 Å². The van der Waals surface area contributed by atoms with Crippen LogP contribution >= 0.6 is 0 Å². The Morgan fingerprint density at radius 1 is 1.29 bits per heavy atom. The van der Waals surface area contributed by atoms with E-state index < -0.39 is 16.9 Å². The largest absolute Gasteiger partial charge is 0.388 e. The smallest absolute Gasteiger partial charge is 0.252 e. The number of hydrogen-bond acceptors (Lipinski definition) is 6. The minimum absolute atomic E-state index is 0.0933. The first-order valence-corrected chi connectivity index (χ1v) is 10.6. The topological polar surface area (TPSA) is 121 Å². The molecule has 2 aromatic heterocycles. The fourth-order valence-electron chi connectivity index (χ4n) is 4.29. The summed E-state index contributed by atoms with van der Waals surface area (Å²) < 4.78 is 23.4. The van der Waals surface area contributed by atoms with Crippen LogP contribution < -0.4 is 10.9 Å². The van der Waals surface area contributed by atoms with Crippen LogP contribution in [0.25, 0.3) is 11.0 Å². The maximum absolute atomic E-state index is 12.6. The van der Waals surface area contributed by atoms with Crippen LogP contribution in [0.3, 0.4) is 0 Å². The van der Waals surface area contributed by atoms with Gasteiger partial charge in [-0.1, -0.05) is 0 Å². The maximum Gasteiger partial charge on any atom is 0.252 e. The number of rotatable bonds is 4. The van der Waals surface area contributed by atoms with Crippen molar-refractivity contribution < 1.29 is 13.9 Å². The van der Waals surface area contributed by atoms with Gasteiger partial charge in [-0.15, -0.1) is 0 Å². The van der Waals surface area contributed by atoms with E-state index in [2.05, 4.69) is 15.3 Å². The summed E-state index contributed by atoms with van der Waals surface area (Å²) in [6.07, 6.45) is 5.33. The second kappa shape index (κ2) is 7.51. The number of hydrogen-bond donors (Lipinski definition) is 3. The molecule has 3 heterocycles. The quantitative estimate of drug-likeness (QED) is 0.653. The third-order valence-electron chi connectivity index (χ3n) is 5.87. The summed E-state index contributed by atoms with van der Waals surface area (Å²) in [5, 5.41) is 14.8. The average Bonchev–Trinajstić information content (AvgIpc) is 3.01. The molecule has 0 amide bonds. The van der Waals surface area contributed by atoms with Crippen LogP contribution in [0.2, 0.25) is 0 Å². The molecule has 152 valence electrons. The van der Waals surface area contributed by atoms with E-state index in [0.717, 1.165) is 18.2 Å². The lowest BCUT2D eigenvalue weighted by Crippen LogP contribution is -2.40. The van der Waals surface area contributed by atoms with E-state index >= 15 is 0 Å². The first kappa shape index (κ1) is 19.4. The molecule has 10 heteroatoms. The molecule has 0 aromatic carbocycles. The predicted molar refractivity (Wildman–Crippen MR) is 106 cm³/mol. The van der Waals surface area contributed by atoms with Gasteiger partial charge in [-0.25, -0.2) is 13.5 Å². The SMILES string of the molecule is C[C@]1(O)CCC[C@@H]1n1c(=O)ccc2cnc(NC3CCN(S(=O)O)CC3)nc21. The predicted octanol–water partition coefficient (Wildman–Crippen LogP) is 1.28. The maximum atomic E-state index is 12.6. The van der Waals surface area contributed by atoms with Crippen LogP contribution in [0.4, 0.5) is 5.95 Å². The molecule has 28 heavy (non-hydrogen) atoms. The van der Waals surface area contributed by atoms with Gasteiger partial charge in [-0.2, -0.15) is 4.98 Å². The van der Waals surface area contributed by atoms with E-state index in [1.807, 2.05) is 0 Å². The zero-order chi connectivity index (χ0) is 19.9. The molecule has 1 unspecified atom stereocenters. The highest BCUT2D eigenvalue weighted by Gasteiger charge is 2.39. The molecule has 3 N–H and O–H groups in total. The standard InChI is InChI=1S/C18H25N5O4S/c1-18(25)8-2-3-14(18)23-15(24)5-4-12-11-19-17(21-16(12)23)20-13-6-9-22(10-7-13)28(26)27/h4-5,11,13-14,25H,2-3,6-10H2,1H3,(H,26,27)(H,19,20,21)/t14-,18-/m0/s1. The average molecular weight is 407 g/mol. The fourth-order valence-corrected chi connectivity index (χ4v) is 4.81. The highest BCUT2D eigenvalue weighted by atomic mass is 32.2. The summed E-state index contributed by atoms with van der Waals surface area (Å²) in [5.74, 6) is 0.424. The zero-order valence-corrected chi connectivity index (χ0v) is 16.6. The Bertz CT molecular complexity index is 955. The normalized spacial score (nSPS) is 27.9. The lowest BCUT2D eigenvalue weighted by molar-refractivity contribution is 0.0267. The Morgan fingerprint density at radius 2 is 2.04 bits per heavy atom. The van der Waals surface area contributed by atoms with Gasteiger partial charge in [0.15, 0.2) is 0 Å². The molecule has 1 aliphatic carbocycles. The number of aliphatic hydroxyl groups is 1. The van der Waals surface area contributed by atoms with Crippen molar-refractivity contribution >= 4 is 28.2 Å². The first-order valence-electron chi connectivity index (χ1n) is 9.58. The van der Waals surface area contributed by atoms with Crippen LogP contribution in [0, 0.1) is 0 Å². The van der Waals surface area contributed by atoms with Gasteiger partial charge in [-0.3, -0.25) is 13.9 Å². The fraction of sp³-hybridized carbons (Fsp3) is 0.611. The number of aromatic nitrogens is 3. The third kappa shape index (κ3) is 3.69. The summed E-state index contributed by atoms with van der Waals surface area (Å²) in [6, 6.07) is 2.99. The van der Waals surface area contributed by atoms with Crippen molar-refractivity contribution in [3.05, 3.63) is 28.7 Å². The van der Waals surface area contributed by atoms with Gasteiger partial charge in [0.05, 0.1) is 11.6 Å². The van der Waals surface area contributed by atoms with Gasteiger partial charge in [0.25, 0.3) is 5.56 Å². The van der Waals surface area contributed by atoms with Crippen molar-refractivity contribution in [2.24, 2.45) is 0 Å². The molecule has 0 spiro atoms. The van der Waals surface area contributed by atoms with Crippen LogP contribution in [0.1, 0.15) is 45.1 Å². The molecular formula is C18H25N5O4S. The van der Waals surface area contributed by atoms with E-state index in [4.69, 9.17) is 0 Å². The second-order valence-electron chi connectivity index (χ2n) is 7.86. The Balaban J connectivity index is 1.63. The van der Waals surface area contributed by atoms with E-state index in [1.165, 1.54) is 10.4 Å². The molecule has 9 nitrogen and oxygen atoms in total. The molecule has 0 radical (unpaired) electrons. The van der Waals surface area contributed by atoms with E-state index in [9.17, 15) is 18.7 Å². The molecule has 2 aromatic rings. The molecular weight excluding hydrogens is 382 g/mol. The Hall–Kier alpha value is -1.88. The van der Waals surface area contributed by atoms with Crippen molar-refractivity contribution in [3.63, 3.8) is 0 Å². The molecule has 2 aliphatic rings. The second-order valence-corrected chi connectivity index (χ2v) is 8.84. The van der Waals surface area contributed by atoms with Crippen LogP contribution in [-0.4, -0.2) is 57.4 Å². The van der Waals surface area contributed by atoms with Gasteiger partial charge in [0.1, 0.15) is 5.65 Å². The van der Waals surface area contributed by atoms with Gasteiger partial charge in [0, 0.05) is 36.8 Å². The highest BCUT2D eigenvalue weighted by Crippen LogP contribution is 2.39. The minimum atomic E-state index is -1.93. The van der Waals surface area contributed by atoms with E-state index in [0.29, 0.717) is 43.9 Å². The summed E-state index contributed by atoms with van der Waals surface area (Å²) in [7, 11) is 0. The summed E-state index contributed by atoms with van der Waals surface area (Å²) >= 11 is -1.93. The van der Waals surface area contributed by atoms with Crippen molar-refractivity contribution in [1.29, 1.82) is 0 Å². The summed E-state index contributed by atoms with van der Waals surface area (Å²) in [6.45, 7) is 2.81. The molecule has 1 saturated heterocycles. The lowest BCUT2D eigenvalue weighted by Gasteiger charge is -2.30. The van der Waals surface area contributed by atoms with Gasteiger partial charge >= 0.3 is 0 Å². The third-order valence-corrected chi connectivity index (χ3v) is 6.67. The van der Waals surface area contributed by atoms with Gasteiger partial charge < -0.3 is 10.4 Å². The Labute approximate surface area is 165 Å². The minimum Gasteiger partial charge on any atom is -0.388 e. The zero-order valence-electron chi connectivity index (χ0n) is 15.7. The number of piperidine rings is 1. The monoisotopic (exact) mass is 407 g/mol. The van der Waals surface area contributed by atoms with Crippen LogP contribution in [-0.2, 0) is 11.3 Å². The van der Waals surface area contributed by atoms with Gasteiger partial charge in [-0.05, 0) is 45.1 Å². The number of nitrogens with one attached hydrogen (secondary N) is 1. The van der Waals surface area contributed by atoms with E-state index in [-0.39, 0.29) is 17.6 Å². The van der Waals surface area contributed by atoms with E-state index in [1.54, 1.807) is 23.8 Å². The highest BCUT2D eigenvalue weighted by molar-refractivity contribution is 7.76. The first-order chi connectivity index (χ1) is 13.3. The molecule has 4 rings (SSSR count). The molecule has 3 atom stereocenters. The Kier molecular flexibility index (Phi) is 5.21. The van der Waals surface area contributed by atoms with Crippen LogP contribution in [0.5, 0.6) is 0 Å². The van der Waals surface area contributed by atoms with Crippen molar-refractivity contribution in [2.75, 3.05) is 18.4 Å². The molecule has 2 fully saturated rings. The van der Waals surface area contributed by atoms with Crippen LogP contribution in [0.15, 0.2) is 23.1 Å². The summed E-state index contributed by atoms with van der Waals surface area (Å²) in [5.41, 5.74) is -0.599. The summed E-state index contributed by atoms with van der Waals surface area (Å²) in [4.78, 5) is 21.6. The van der Waals surface area contributed by atoms with Crippen molar-refractivity contribution in [1.82, 2.24) is 18.8 Å². The van der Waals surface area contributed by atoms with Gasteiger partial charge in [0.2, 0.25) is 17.2 Å². The molecule has 0 bridgehead atoms. The number of fused-ring (bicyclic) bond motifs is 1. The number of pyridine rings is 1. The Morgan fingerprint density at radius 3 is 2.68 bits per heavy atom. The molecule has 1 saturated carbocycles. The van der Waals surface area contributed by atoms with Crippen molar-refractivity contribution in [3.8, 4) is 0 Å². The number of anilines is 1. The molecule has 1 aliphatic heterocycles.